The molecule has 5 nitrogen and oxygen atoms in total. The van der Waals surface area contributed by atoms with Crippen LogP contribution in [0.1, 0.15) is 56.6 Å². The summed E-state index contributed by atoms with van der Waals surface area (Å²) in [6, 6.07) is 5.82. The van der Waals surface area contributed by atoms with Crippen LogP contribution in [0.25, 0.3) is 0 Å². The molecule has 1 aromatic rings. The van der Waals surface area contributed by atoms with Crippen molar-refractivity contribution in [3.05, 3.63) is 29.3 Å². The van der Waals surface area contributed by atoms with Crippen molar-refractivity contribution in [2.45, 2.75) is 59.3 Å². The number of hydrazone groups is 1. The SMILES string of the molecule is C/C(CC(=O)Nc1cccc(C)c1C)=N/NC(=O)C1CCCCC1. The van der Waals surface area contributed by atoms with E-state index in [4.69, 9.17) is 0 Å². The van der Waals surface area contributed by atoms with Gasteiger partial charge in [0.15, 0.2) is 0 Å². The number of rotatable bonds is 5. The van der Waals surface area contributed by atoms with Gasteiger partial charge in [0.05, 0.1) is 6.42 Å². The molecule has 1 fully saturated rings. The third-order valence-electron chi connectivity index (χ3n) is 4.63. The maximum absolute atomic E-state index is 12.1. The highest BCUT2D eigenvalue weighted by molar-refractivity contribution is 6.06. The Hall–Kier alpha value is -2.17. The molecular formula is C19H27N3O2. The van der Waals surface area contributed by atoms with Crippen molar-refractivity contribution in [3.63, 3.8) is 0 Å². The van der Waals surface area contributed by atoms with Gasteiger partial charge >= 0.3 is 0 Å². The number of anilines is 1. The highest BCUT2D eigenvalue weighted by Gasteiger charge is 2.20. The largest absolute Gasteiger partial charge is 0.326 e. The number of benzene rings is 1. The average molecular weight is 329 g/mol. The second kappa shape index (κ2) is 8.62. The summed E-state index contributed by atoms with van der Waals surface area (Å²) in [7, 11) is 0. The normalized spacial score (nSPS) is 15.9. The first kappa shape index (κ1) is 18.2. The summed E-state index contributed by atoms with van der Waals surface area (Å²) in [5, 5.41) is 6.98. The van der Waals surface area contributed by atoms with Crippen molar-refractivity contribution < 1.29 is 9.59 Å². The lowest BCUT2D eigenvalue weighted by molar-refractivity contribution is -0.126. The fourth-order valence-corrected chi connectivity index (χ4v) is 2.96. The van der Waals surface area contributed by atoms with Crippen LogP contribution in [0, 0.1) is 19.8 Å². The molecule has 1 saturated carbocycles. The Kier molecular flexibility index (Phi) is 6.53. The number of nitrogens with one attached hydrogen (secondary N) is 2. The summed E-state index contributed by atoms with van der Waals surface area (Å²) in [5.41, 5.74) is 6.23. The molecular weight excluding hydrogens is 302 g/mol. The highest BCUT2D eigenvalue weighted by atomic mass is 16.2. The quantitative estimate of drug-likeness (QED) is 0.638. The molecule has 1 aliphatic rings. The number of nitrogens with zero attached hydrogens (tertiary/aromatic N) is 1. The number of hydrogen-bond donors (Lipinski definition) is 2. The Balaban J connectivity index is 1.84. The molecule has 1 aliphatic carbocycles. The minimum absolute atomic E-state index is 0.0241. The van der Waals surface area contributed by atoms with Crippen molar-refractivity contribution in [2.24, 2.45) is 11.0 Å². The molecule has 0 atom stereocenters. The van der Waals surface area contributed by atoms with Gasteiger partial charge in [-0.2, -0.15) is 5.10 Å². The van der Waals surface area contributed by atoms with Crippen LogP contribution >= 0.6 is 0 Å². The van der Waals surface area contributed by atoms with Gasteiger partial charge in [-0.25, -0.2) is 5.43 Å². The van der Waals surface area contributed by atoms with Crippen molar-refractivity contribution in [1.29, 1.82) is 0 Å². The van der Waals surface area contributed by atoms with Crippen LogP contribution in [-0.4, -0.2) is 17.5 Å². The van der Waals surface area contributed by atoms with E-state index in [1.165, 1.54) is 6.42 Å². The smallest absolute Gasteiger partial charge is 0.243 e. The van der Waals surface area contributed by atoms with Crippen molar-refractivity contribution in [3.8, 4) is 0 Å². The topological polar surface area (TPSA) is 70.6 Å². The van der Waals surface area contributed by atoms with Crippen LogP contribution < -0.4 is 10.7 Å². The summed E-state index contributed by atoms with van der Waals surface area (Å²) in [5.74, 6) is -0.0834. The summed E-state index contributed by atoms with van der Waals surface area (Å²) in [6.07, 6.45) is 5.47. The molecule has 5 heteroatoms. The predicted octanol–water partition coefficient (Wildman–Crippen LogP) is 3.70. The Labute approximate surface area is 143 Å². The van der Waals surface area contributed by atoms with Gasteiger partial charge in [0.2, 0.25) is 11.8 Å². The van der Waals surface area contributed by atoms with Crippen molar-refractivity contribution in [1.82, 2.24) is 5.43 Å². The molecule has 2 N–H and O–H groups in total. The first-order valence-corrected chi connectivity index (χ1v) is 8.66. The zero-order valence-corrected chi connectivity index (χ0v) is 14.8. The van der Waals surface area contributed by atoms with Crippen LogP contribution in [0.2, 0.25) is 0 Å². The fraction of sp³-hybridized carbons (Fsp3) is 0.526. The Morgan fingerprint density at radius 3 is 2.58 bits per heavy atom. The third kappa shape index (κ3) is 5.18. The number of carbonyl (C=O) groups is 2. The van der Waals surface area contributed by atoms with Crippen LogP contribution in [-0.2, 0) is 9.59 Å². The molecule has 0 radical (unpaired) electrons. The number of carbonyl (C=O) groups excluding carboxylic acids is 2. The summed E-state index contributed by atoms with van der Waals surface area (Å²) in [4.78, 5) is 24.2. The summed E-state index contributed by atoms with van der Waals surface area (Å²) < 4.78 is 0. The molecule has 1 aromatic carbocycles. The van der Waals surface area contributed by atoms with Gasteiger partial charge in [-0.15, -0.1) is 0 Å². The van der Waals surface area contributed by atoms with Gasteiger partial charge in [-0.05, 0) is 50.8 Å². The maximum atomic E-state index is 12.1. The zero-order chi connectivity index (χ0) is 17.5. The van der Waals surface area contributed by atoms with E-state index in [1.807, 2.05) is 32.0 Å². The second-order valence-corrected chi connectivity index (χ2v) is 6.63. The average Bonchev–Trinajstić information content (AvgIpc) is 2.57. The lowest BCUT2D eigenvalue weighted by Gasteiger charge is -2.19. The van der Waals surface area contributed by atoms with E-state index < -0.39 is 0 Å². The molecule has 2 rings (SSSR count). The minimum atomic E-state index is -0.128. The van der Waals surface area contributed by atoms with E-state index in [1.54, 1.807) is 6.92 Å². The van der Waals surface area contributed by atoms with Crippen molar-refractivity contribution in [2.75, 3.05) is 5.32 Å². The monoisotopic (exact) mass is 329 g/mol. The minimum Gasteiger partial charge on any atom is -0.326 e. The highest BCUT2D eigenvalue weighted by Crippen LogP contribution is 2.23. The fourth-order valence-electron chi connectivity index (χ4n) is 2.96. The van der Waals surface area contributed by atoms with Gasteiger partial charge in [-0.1, -0.05) is 31.4 Å². The van der Waals surface area contributed by atoms with E-state index >= 15 is 0 Å². The molecule has 0 saturated heterocycles. The Morgan fingerprint density at radius 1 is 1.17 bits per heavy atom. The molecule has 0 unspecified atom stereocenters. The van der Waals surface area contributed by atoms with E-state index in [0.29, 0.717) is 5.71 Å². The Morgan fingerprint density at radius 2 is 1.88 bits per heavy atom. The lowest BCUT2D eigenvalue weighted by atomic mass is 9.89. The number of amides is 2. The van der Waals surface area contributed by atoms with Gasteiger partial charge < -0.3 is 5.32 Å². The summed E-state index contributed by atoms with van der Waals surface area (Å²) in [6.45, 7) is 5.75. The number of hydrogen-bond acceptors (Lipinski definition) is 3. The first-order chi connectivity index (χ1) is 11.5. The molecule has 0 spiro atoms. The van der Waals surface area contributed by atoms with E-state index in [9.17, 15) is 9.59 Å². The molecule has 0 bridgehead atoms. The molecule has 0 aromatic heterocycles. The number of aryl methyl sites for hydroxylation is 1. The van der Waals surface area contributed by atoms with E-state index in [0.717, 1.165) is 42.5 Å². The summed E-state index contributed by atoms with van der Waals surface area (Å²) >= 11 is 0. The molecule has 2 amide bonds. The molecule has 130 valence electrons. The molecule has 24 heavy (non-hydrogen) atoms. The van der Waals surface area contributed by atoms with E-state index in [-0.39, 0.29) is 24.2 Å². The van der Waals surface area contributed by atoms with Crippen LogP contribution in [0.3, 0.4) is 0 Å². The van der Waals surface area contributed by atoms with E-state index in [2.05, 4.69) is 15.8 Å². The van der Waals surface area contributed by atoms with Gasteiger partial charge in [0.25, 0.3) is 0 Å². The second-order valence-electron chi connectivity index (χ2n) is 6.63. The first-order valence-electron chi connectivity index (χ1n) is 8.66. The predicted molar refractivity (Wildman–Crippen MR) is 97.0 cm³/mol. The van der Waals surface area contributed by atoms with Gasteiger partial charge in [-0.3, -0.25) is 9.59 Å². The Bertz CT molecular complexity index is 631. The maximum Gasteiger partial charge on any atom is 0.243 e. The van der Waals surface area contributed by atoms with Gasteiger partial charge in [0, 0.05) is 17.3 Å². The molecule has 0 heterocycles. The standard InChI is InChI=1S/C19H27N3O2/c1-13-8-7-11-17(15(13)3)20-18(23)12-14(2)21-22-19(24)16-9-5-4-6-10-16/h7-8,11,16H,4-6,9-10,12H2,1-3H3,(H,20,23)(H,22,24)/b21-14-. The van der Waals surface area contributed by atoms with Crippen LogP contribution in [0.4, 0.5) is 5.69 Å². The van der Waals surface area contributed by atoms with Crippen LogP contribution in [0.5, 0.6) is 0 Å². The molecule has 0 aliphatic heterocycles. The van der Waals surface area contributed by atoms with Crippen LogP contribution in [0.15, 0.2) is 23.3 Å². The van der Waals surface area contributed by atoms with Gasteiger partial charge in [0.1, 0.15) is 0 Å². The van der Waals surface area contributed by atoms with Crippen molar-refractivity contribution >= 4 is 23.2 Å². The lowest BCUT2D eigenvalue weighted by Crippen LogP contribution is -2.29. The zero-order valence-electron chi connectivity index (χ0n) is 14.8. The third-order valence-corrected chi connectivity index (χ3v) is 4.63.